The highest BCUT2D eigenvalue weighted by molar-refractivity contribution is 5.83. The van der Waals surface area contributed by atoms with Gasteiger partial charge in [0.05, 0.1) is 23.7 Å². The zero-order chi connectivity index (χ0) is 24.2. The lowest BCUT2D eigenvalue weighted by atomic mass is 10.1. The van der Waals surface area contributed by atoms with Crippen molar-refractivity contribution in [2.75, 3.05) is 51.7 Å². The van der Waals surface area contributed by atoms with E-state index in [1.165, 1.54) is 6.07 Å². The molecule has 2 aromatic carbocycles. The van der Waals surface area contributed by atoms with Crippen molar-refractivity contribution in [3.63, 3.8) is 0 Å². The minimum absolute atomic E-state index is 0.217. The first kappa shape index (κ1) is 25.6. The number of aromatic nitrogens is 2. The van der Waals surface area contributed by atoms with Crippen LogP contribution < -0.4 is 32.0 Å². The molecule has 0 saturated carbocycles. The highest BCUT2D eigenvalue weighted by atomic mass is 19.1. The van der Waals surface area contributed by atoms with E-state index in [4.69, 9.17) is 10.5 Å². The average Bonchev–Trinajstić information content (AvgIpc) is 2.85. The Bertz CT molecular complexity index is 1100. The summed E-state index contributed by atoms with van der Waals surface area (Å²) in [4.78, 5) is 19.8. The molecule has 184 valence electrons. The summed E-state index contributed by atoms with van der Waals surface area (Å²) in [6, 6.07) is 10.1. The van der Waals surface area contributed by atoms with E-state index in [-0.39, 0.29) is 10.9 Å². The number of hydrogen-bond donors (Lipinski definition) is 5. The lowest BCUT2D eigenvalue weighted by molar-refractivity contribution is 0.415. The standard InChI is InChI=1S/C25H35FN6O2/c1-34-19-8-4-7-18(15-19)24-31-22-17-23(21(26)16-20(22)25(33)32-24)30-14-6-13-29-11-3-2-10-28-12-5-9-27/h4,7-8,15-17,28-30H,2-3,5-6,9-14,27H2,1H3,(H,31,32,33). The number of halogens is 1. The quantitative estimate of drug-likeness (QED) is 0.217. The summed E-state index contributed by atoms with van der Waals surface area (Å²) < 4.78 is 19.8. The highest BCUT2D eigenvalue weighted by Gasteiger charge is 2.11. The third kappa shape index (κ3) is 7.51. The van der Waals surface area contributed by atoms with Gasteiger partial charge in [-0.05, 0) is 82.7 Å². The second-order valence-electron chi connectivity index (χ2n) is 8.13. The van der Waals surface area contributed by atoms with Crippen molar-refractivity contribution >= 4 is 16.6 Å². The highest BCUT2D eigenvalue weighted by Crippen LogP contribution is 2.24. The van der Waals surface area contributed by atoms with Gasteiger partial charge in [-0.15, -0.1) is 0 Å². The fourth-order valence-corrected chi connectivity index (χ4v) is 3.62. The maximum Gasteiger partial charge on any atom is 0.259 e. The summed E-state index contributed by atoms with van der Waals surface area (Å²) in [5.41, 5.74) is 6.57. The predicted molar refractivity (Wildman–Crippen MR) is 136 cm³/mol. The van der Waals surface area contributed by atoms with E-state index in [1.54, 1.807) is 19.2 Å². The van der Waals surface area contributed by atoms with Gasteiger partial charge in [0.15, 0.2) is 0 Å². The monoisotopic (exact) mass is 470 g/mol. The molecule has 0 spiro atoms. The van der Waals surface area contributed by atoms with Gasteiger partial charge in [0.25, 0.3) is 5.56 Å². The SMILES string of the molecule is COc1cccc(-c2nc3cc(NCCCNCCCCNCCCN)c(F)cc3c(=O)[nH]2)c1. The summed E-state index contributed by atoms with van der Waals surface area (Å²) in [6.07, 6.45) is 4.10. The van der Waals surface area contributed by atoms with Crippen LogP contribution in [0.15, 0.2) is 41.2 Å². The van der Waals surface area contributed by atoms with E-state index in [0.29, 0.717) is 29.3 Å². The van der Waals surface area contributed by atoms with Crippen LogP contribution in [-0.4, -0.2) is 56.3 Å². The molecule has 34 heavy (non-hydrogen) atoms. The van der Waals surface area contributed by atoms with Gasteiger partial charge in [0.2, 0.25) is 0 Å². The Labute approximate surface area is 199 Å². The summed E-state index contributed by atoms with van der Waals surface area (Å²) in [5.74, 6) is 0.603. The summed E-state index contributed by atoms with van der Waals surface area (Å²) >= 11 is 0. The van der Waals surface area contributed by atoms with Crippen LogP contribution in [0, 0.1) is 5.82 Å². The van der Waals surface area contributed by atoms with Crippen LogP contribution in [0.25, 0.3) is 22.3 Å². The zero-order valence-corrected chi connectivity index (χ0v) is 19.8. The van der Waals surface area contributed by atoms with E-state index in [9.17, 15) is 9.18 Å². The number of nitrogens with zero attached hydrogens (tertiary/aromatic N) is 1. The largest absolute Gasteiger partial charge is 0.497 e. The van der Waals surface area contributed by atoms with Gasteiger partial charge in [-0.2, -0.15) is 0 Å². The summed E-state index contributed by atoms with van der Waals surface area (Å²) in [6.45, 7) is 5.14. The average molecular weight is 471 g/mol. The molecular formula is C25H35FN6O2. The maximum atomic E-state index is 14.6. The number of rotatable bonds is 15. The van der Waals surface area contributed by atoms with Crippen molar-refractivity contribution in [3.8, 4) is 17.1 Å². The first-order valence-electron chi connectivity index (χ1n) is 11.9. The van der Waals surface area contributed by atoms with Crippen LogP contribution in [0.2, 0.25) is 0 Å². The van der Waals surface area contributed by atoms with Gasteiger partial charge >= 0.3 is 0 Å². The Morgan fingerprint density at radius 1 is 1.00 bits per heavy atom. The molecule has 8 nitrogen and oxygen atoms in total. The van der Waals surface area contributed by atoms with Crippen molar-refractivity contribution in [2.24, 2.45) is 5.73 Å². The van der Waals surface area contributed by atoms with Crippen LogP contribution in [0.3, 0.4) is 0 Å². The molecule has 9 heteroatoms. The van der Waals surface area contributed by atoms with E-state index in [2.05, 4.69) is 25.9 Å². The number of fused-ring (bicyclic) bond motifs is 1. The zero-order valence-electron chi connectivity index (χ0n) is 19.8. The predicted octanol–water partition coefficient (Wildman–Crippen LogP) is 2.85. The number of anilines is 1. The first-order valence-corrected chi connectivity index (χ1v) is 11.9. The molecule has 0 unspecified atom stereocenters. The number of nitrogens with two attached hydrogens (primary N) is 1. The van der Waals surface area contributed by atoms with Crippen molar-refractivity contribution < 1.29 is 9.13 Å². The van der Waals surface area contributed by atoms with Gasteiger partial charge in [-0.1, -0.05) is 12.1 Å². The van der Waals surface area contributed by atoms with Gasteiger partial charge in [-0.25, -0.2) is 9.37 Å². The van der Waals surface area contributed by atoms with Crippen molar-refractivity contribution in [1.29, 1.82) is 0 Å². The number of methoxy groups -OCH3 is 1. The number of hydrogen-bond acceptors (Lipinski definition) is 7. The molecule has 0 atom stereocenters. The van der Waals surface area contributed by atoms with Gasteiger partial charge in [0.1, 0.15) is 17.4 Å². The second-order valence-corrected chi connectivity index (χ2v) is 8.13. The number of aromatic amines is 1. The van der Waals surface area contributed by atoms with Crippen molar-refractivity contribution in [3.05, 3.63) is 52.6 Å². The van der Waals surface area contributed by atoms with Gasteiger partial charge in [0, 0.05) is 12.1 Å². The van der Waals surface area contributed by atoms with Crippen LogP contribution in [0.5, 0.6) is 5.75 Å². The van der Waals surface area contributed by atoms with E-state index in [0.717, 1.165) is 64.0 Å². The number of H-pyrrole nitrogens is 1. The summed E-state index contributed by atoms with van der Waals surface area (Å²) in [7, 11) is 1.58. The molecule has 0 aliphatic carbocycles. The fourth-order valence-electron chi connectivity index (χ4n) is 3.62. The number of nitrogens with one attached hydrogen (secondary N) is 4. The minimum atomic E-state index is -0.468. The second kappa shape index (κ2) is 13.6. The normalized spacial score (nSPS) is 11.1. The number of ether oxygens (including phenoxy) is 1. The fraction of sp³-hybridized carbons (Fsp3) is 0.440. The molecule has 0 amide bonds. The Hall–Kier alpha value is -3.01. The molecule has 0 bridgehead atoms. The van der Waals surface area contributed by atoms with Gasteiger partial charge in [-0.3, -0.25) is 4.79 Å². The molecular weight excluding hydrogens is 435 g/mol. The van der Waals surface area contributed by atoms with E-state index >= 15 is 0 Å². The third-order valence-corrected chi connectivity index (χ3v) is 5.50. The molecule has 0 radical (unpaired) electrons. The molecule has 1 aromatic heterocycles. The Morgan fingerprint density at radius 2 is 1.74 bits per heavy atom. The lowest BCUT2D eigenvalue weighted by Gasteiger charge is -2.10. The first-order chi connectivity index (χ1) is 16.6. The minimum Gasteiger partial charge on any atom is -0.497 e. The topological polar surface area (TPSA) is 117 Å². The van der Waals surface area contributed by atoms with Crippen LogP contribution in [0.4, 0.5) is 10.1 Å². The molecule has 3 rings (SSSR count). The van der Waals surface area contributed by atoms with Crippen LogP contribution in [-0.2, 0) is 0 Å². The molecule has 0 aliphatic rings. The Kier molecular flexibility index (Phi) is 10.3. The van der Waals surface area contributed by atoms with E-state index < -0.39 is 5.82 Å². The molecule has 6 N–H and O–H groups in total. The smallest absolute Gasteiger partial charge is 0.259 e. The van der Waals surface area contributed by atoms with Crippen LogP contribution in [0.1, 0.15) is 25.7 Å². The van der Waals surface area contributed by atoms with Crippen molar-refractivity contribution in [2.45, 2.75) is 25.7 Å². The lowest BCUT2D eigenvalue weighted by Crippen LogP contribution is -2.22. The Balaban J connectivity index is 1.50. The number of benzene rings is 2. The third-order valence-electron chi connectivity index (χ3n) is 5.50. The maximum absolute atomic E-state index is 14.6. The summed E-state index contributed by atoms with van der Waals surface area (Å²) in [5, 5.41) is 10.1. The van der Waals surface area contributed by atoms with Crippen LogP contribution >= 0.6 is 0 Å². The molecule has 1 heterocycles. The molecule has 0 fully saturated rings. The number of unbranched alkanes of at least 4 members (excludes halogenated alkanes) is 1. The van der Waals surface area contributed by atoms with Gasteiger partial charge < -0.3 is 31.4 Å². The van der Waals surface area contributed by atoms with Crippen molar-refractivity contribution in [1.82, 2.24) is 20.6 Å². The molecule has 3 aromatic rings. The molecule has 0 aliphatic heterocycles. The molecule has 0 saturated heterocycles. The Morgan fingerprint density at radius 3 is 2.47 bits per heavy atom. The van der Waals surface area contributed by atoms with E-state index in [1.807, 2.05) is 18.2 Å².